The molecule has 4 heteroatoms. The molecule has 0 aliphatic carbocycles. The Bertz CT molecular complexity index is 584. The zero-order valence-electron chi connectivity index (χ0n) is 12.1. The summed E-state index contributed by atoms with van der Waals surface area (Å²) in [5.74, 6) is -0.380. The molecule has 0 saturated heterocycles. The van der Waals surface area contributed by atoms with E-state index in [1.807, 2.05) is 48.5 Å². The van der Waals surface area contributed by atoms with Crippen molar-refractivity contribution in [3.05, 3.63) is 71.3 Å². The van der Waals surface area contributed by atoms with Crippen LogP contribution in [0.4, 0.5) is 0 Å². The Hall–Kier alpha value is -2.17. The van der Waals surface area contributed by atoms with Crippen LogP contribution in [0.3, 0.4) is 0 Å². The van der Waals surface area contributed by atoms with Crippen molar-refractivity contribution < 1.29 is 9.53 Å². The van der Waals surface area contributed by atoms with E-state index in [4.69, 9.17) is 10.5 Å². The summed E-state index contributed by atoms with van der Waals surface area (Å²) in [5, 5.41) is 3.21. The summed E-state index contributed by atoms with van der Waals surface area (Å²) in [6.07, 6.45) is 0. The maximum atomic E-state index is 11.6. The molecule has 0 aromatic heterocycles. The van der Waals surface area contributed by atoms with Crippen LogP contribution in [0.2, 0.25) is 0 Å². The highest BCUT2D eigenvalue weighted by atomic mass is 16.5. The average molecular weight is 284 g/mol. The van der Waals surface area contributed by atoms with Crippen molar-refractivity contribution in [2.75, 3.05) is 7.11 Å². The van der Waals surface area contributed by atoms with Crippen molar-refractivity contribution in [3.8, 4) is 0 Å². The quantitative estimate of drug-likeness (QED) is 0.819. The van der Waals surface area contributed by atoms with Gasteiger partial charge in [0.05, 0.1) is 6.61 Å². The molecule has 1 atom stereocenters. The molecular formula is C17H20N2O2. The minimum absolute atomic E-state index is 0.380. The SMILES string of the molecule is COCc1cccc(CNC(C(N)=O)c2ccccc2)c1. The molecule has 0 spiro atoms. The molecule has 0 bridgehead atoms. The first-order chi connectivity index (χ1) is 10.2. The van der Waals surface area contributed by atoms with Crippen molar-refractivity contribution in [3.63, 3.8) is 0 Å². The van der Waals surface area contributed by atoms with Gasteiger partial charge in [-0.05, 0) is 16.7 Å². The second kappa shape index (κ2) is 7.57. The van der Waals surface area contributed by atoms with Gasteiger partial charge in [-0.3, -0.25) is 10.1 Å². The highest BCUT2D eigenvalue weighted by Gasteiger charge is 2.16. The molecule has 2 aromatic rings. The molecule has 4 nitrogen and oxygen atoms in total. The summed E-state index contributed by atoms with van der Waals surface area (Å²) < 4.78 is 5.12. The lowest BCUT2D eigenvalue weighted by Gasteiger charge is -2.16. The Kier molecular flexibility index (Phi) is 5.49. The number of primary amides is 1. The summed E-state index contributed by atoms with van der Waals surface area (Å²) in [7, 11) is 1.67. The molecule has 2 rings (SSSR count). The van der Waals surface area contributed by atoms with Crippen LogP contribution in [0.1, 0.15) is 22.7 Å². The van der Waals surface area contributed by atoms with Crippen molar-refractivity contribution in [1.82, 2.24) is 5.32 Å². The van der Waals surface area contributed by atoms with Crippen molar-refractivity contribution in [2.24, 2.45) is 5.73 Å². The maximum absolute atomic E-state index is 11.6. The van der Waals surface area contributed by atoms with Crippen LogP contribution in [0.15, 0.2) is 54.6 Å². The minimum atomic E-state index is -0.489. The van der Waals surface area contributed by atoms with Gasteiger partial charge in [0.1, 0.15) is 6.04 Å². The topological polar surface area (TPSA) is 64.3 Å². The zero-order valence-corrected chi connectivity index (χ0v) is 12.1. The van der Waals surface area contributed by atoms with E-state index in [9.17, 15) is 4.79 Å². The fourth-order valence-corrected chi connectivity index (χ4v) is 2.24. The molecule has 2 aromatic carbocycles. The Balaban J connectivity index is 2.06. The molecule has 1 amide bonds. The highest BCUT2D eigenvalue weighted by Crippen LogP contribution is 2.14. The third-order valence-corrected chi connectivity index (χ3v) is 3.23. The van der Waals surface area contributed by atoms with E-state index >= 15 is 0 Å². The number of benzene rings is 2. The monoisotopic (exact) mass is 284 g/mol. The van der Waals surface area contributed by atoms with Crippen molar-refractivity contribution in [2.45, 2.75) is 19.2 Å². The molecule has 110 valence electrons. The van der Waals surface area contributed by atoms with Crippen LogP contribution in [0, 0.1) is 0 Å². The molecule has 21 heavy (non-hydrogen) atoms. The largest absolute Gasteiger partial charge is 0.380 e. The lowest BCUT2D eigenvalue weighted by Crippen LogP contribution is -2.33. The number of carbonyl (C=O) groups is 1. The van der Waals surface area contributed by atoms with Gasteiger partial charge in [0.2, 0.25) is 5.91 Å². The number of amides is 1. The van der Waals surface area contributed by atoms with E-state index in [2.05, 4.69) is 11.4 Å². The van der Waals surface area contributed by atoms with Gasteiger partial charge in [-0.25, -0.2) is 0 Å². The van der Waals surface area contributed by atoms with E-state index in [0.29, 0.717) is 13.2 Å². The van der Waals surface area contributed by atoms with Crippen LogP contribution < -0.4 is 11.1 Å². The molecule has 0 fully saturated rings. The maximum Gasteiger partial charge on any atom is 0.239 e. The van der Waals surface area contributed by atoms with Crippen LogP contribution in [0.25, 0.3) is 0 Å². The van der Waals surface area contributed by atoms with Gasteiger partial charge in [0, 0.05) is 13.7 Å². The molecule has 0 heterocycles. The van der Waals surface area contributed by atoms with Crippen LogP contribution in [-0.2, 0) is 22.7 Å². The summed E-state index contributed by atoms with van der Waals surface area (Å²) in [6.45, 7) is 1.14. The molecule has 0 aliphatic rings. The number of carbonyl (C=O) groups excluding carboxylic acids is 1. The summed E-state index contributed by atoms with van der Waals surface area (Å²) in [4.78, 5) is 11.6. The number of hydrogen-bond donors (Lipinski definition) is 2. The third kappa shape index (κ3) is 4.41. The molecule has 0 aliphatic heterocycles. The second-order valence-electron chi connectivity index (χ2n) is 4.88. The first-order valence-electron chi connectivity index (χ1n) is 6.85. The number of rotatable bonds is 7. The molecule has 3 N–H and O–H groups in total. The number of methoxy groups -OCH3 is 1. The lowest BCUT2D eigenvalue weighted by atomic mass is 10.1. The first kappa shape index (κ1) is 15.2. The number of nitrogens with one attached hydrogen (secondary N) is 1. The van der Waals surface area contributed by atoms with Gasteiger partial charge in [0.25, 0.3) is 0 Å². The van der Waals surface area contributed by atoms with E-state index in [1.165, 1.54) is 0 Å². The smallest absolute Gasteiger partial charge is 0.239 e. The molecular weight excluding hydrogens is 264 g/mol. The van der Waals surface area contributed by atoms with Gasteiger partial charge in [0.15, 0.2) is 0 Å². The standard InChI is InChI=1S/C17H20N2O2/c1-21-12-14-7-5-6-13(10-14)11-19-16(17(18)20)15-8-3-2-4-9-15/h2-10,16,19H,11-12H2,1H3,(H2,18,20). The summed E-state index contributed by atoms with van der Waals surface area (Å²) in [5.41, 5.74) is 8.56. The minimum Gasteiger partial charge on any atom is -0.380 e. The summed E-state index contributed by atoms with van der Waals surface area (Å²) in [6, 6.07) is 17.1. The second-order valence-corrected chi connectivity index (χ2v) is 4.88. The van der Waals surface area contributed by atoms with Crippen LogP contribution >= 0.6 is 0 Å². The van der Waals surface area contributed by atoms with Crippen LogP contribution in [0.5, 0.6) is 0 Å². The van der Waals surface area contributed by atoms with Gasteiger partial charge in [-0.1, -0.05) is 54.6 Å². The van der Waals surface area contributed by atoms with E-state index in [1.54, 1.807) is 7.11 Å². The number of nitrogens with two attached hydrogens (primary N) is 1. The Morgan fingerprint density at radius 2 is 1.86 bits per heavy atom. The van der Waals surface area contributed by atoms with Gasteiger partial charge in [-0.15, -0.1) is 0 Å². The third-order valence-electron chi connectivity index (χ3n) is 3.23. The fraction of sp³-hybridized carbons (Fsp3) is 0.235. The van der Waals surface area contributed by atoms with E-state index in [-0.39, 0.29) is 5.91 Å². The Morgan fingerprint density at radius 3 is 2.52 bits per heavy atom. The van der Waals surface area contributed by atoms with E-state index in [0.717, 1.165) is 16.7 Å². The number of ether oxygens (including phenoxy) is 1. The average Bonchev–Trinajstić information content (AvgIpc) is 2.49. The first-order valence-corrected chi connectivity index (χ1v) is 6.85. The van der Waals surface area contributed by atoms with Crippen LogP contribution in [-0.4, -0.2) is 13.0 Å². The van der Waals surface area contributed by atoms with Gasteiger partial charge < -0.3 is 10.5 Å². The predicted octanol–water partition coefficient (Wildman–Crippen LogP) is 2.15. The highest BCUT2D eigenvalue weighted by molar-refractivity contribution is 5.81. The van der Waals surface area contributed by atoms with Gasteiger partial charge >= 0.3 is 0 Å². The predicted molar refractivity (Wildman–Crippen MR) is 82.4 cm³/mol. The normalized spacial score (nSPS) is 12.0. The lowest BCUT2D eigenvalue weighted by molar-refractivity contribution is -0.120. The zero-order chi connectivity index (χ0) is 15.1. The molecule has 0 radical (unpaired) electrons. The van der Waals surface area contributed by atoms with Crippen molar-refractivity contribution >= 4 is 5.91 Å². The Morgan fingerprint density at radius 1 is 1.14 bits per heavy atom. The molecule has 1 unspecified atom stereocenters. The Labute approximate surface area is 124 Å². The van der Waals surface area contributed by atoms with Gasteiger partial charge in [-0.2, -0.15) is 0 Å². The van der Waals surface area contributed by atoms with Crippen molar-refractivity contribution in [1.29, 1.82) is 0 Å². The fourth-order valence-electron chi connectivity index (χ4n) is 2.24. The van der Waals surface area contributed by atoms with E-state index < -0.39 is 6.04 Å². The number of hydrogen-bond acceptors (Lipinski definition) is 3. The molecule has 0 saturated carbocycles. The summed E-state index contributed by atoms with van der Waals surface area (Å²) >= 11 is 0.